The van der Waals surface area contributed by atoms with Crippen molar-refractivity contribution in [2.75, 3.05) is 26.4 Å². The Morgan fingerprint density at radius 3 is 1.04 bits per heavy atom. The zero-order valence-electron chi connectivity index (χ0n) is 71.9. The van der Waals surface area contributed by atoms with Crippen LogP contribution in [0.4, 0.5) is 0 Å². The van der Waals surface area contributed by atoms with Gasteiger partial charge in [0.2, 0.25) is 0 Å². The van der Waals surface area contributed by atoms with Crippen LogP contribution in [0.25, 0.3) is 0 Å². The second-order valence-electron chi connectivity index (χ2n) is 33.2. The van der Waals surface area contributed by atoms with Crippen molar-refractivity contribution in [1.29, 1.82) is 0 Å². The second kappa shape index (κ2) is 68.7. The van der Waals surface area contributed by atoms with Gasteiger partial charge < -0.3 is 88.7 Å². The van der Waals surface area contributed by atoms with Gasteiger partial charge in [-0.05, 0) is 51.4 Å². The molecule has 0 aromatic rings. The monoisotopic (exact) mass is 1670 g/mol. The molecule has 3 fully saturated rings. The number of rotatable bonds is 75. The van der Waals surface area contributed by atoms with Crippen molar-refractivity contribution in [1.82, 2.24) is 0 Å². The van der Waals surface area contributed by atoms with Crippen molar-refractivity contribution >= 4 is 31.7 Å². The van der Waals surface area contributed by atoms with E-state index in [4.69, 9.17) is 46.9 Å². The molecule has 18 unspecified atom stereocenters. The zero-order chi connectivity index (χ0) is 84.0. The molecule has 0 amide bonds. The Morgan fingerprint density at radius 2 is 0.652 bits per heavy atom. The van der Waals surface area contributed by atoms with E-state index >= 15 is 0 Å². The molecule has 1 saturated carbocycles. The van der Waals surface area contributed by atoms with Crippen LogP contribution >= 0.6 is 7.82 Å². The largest absolute Gasteiger partial charge is 0.472 e. The first-order chi connectivity index (χ1) is 55.7. The molecule has 0 aromatic carbocycles. The normalized spacial score (nSPS) is 25.3. The maximum atomic E-state index is 14.9. The molecule has 115 heavy (non-hydrogen) atoms. The molecule has 3 aliphatic rings. The lowest BCUT2D eigenvalue weighted by Crippen LogP contribution is -2.70. The van der Waals surface area contributed by atoms with E-state index in [2.05, 4.69) is 39.8 Å². The minimum atomic E-state index is -5.80. The Labute approximate surface area is 692 Å². The van der Waals surface area contributed by atoms with Crippen LogP contribution < -0.4 is 0 Å². The van der Waals surface area contributed by atoms with Crippen molar-refractivity contribution in [3.63, 3.8) is 0 Å². The van der Waals surface area contributed by atoms with E-state index in [9.17, 15) is 74.6 Å². The Kier molecular flexibility index (Phi) is 63.6. The van der Waals surface area contributed by atoms with Gasteiger partial charge in [0.25, 0.3) is 0 Å². The van der Waals surface area contributed by atoms with Crippen LogP contribution in [0.15, 0.2) is 12.2 Å². The standard InChI is InChI=1S/C89H165O25P/c1-5-9-13-17-21-25-29-33-35-39-42-45-49-53-57-61-72(91)105-66-69(108-74(93)63-59-55-51-47-44-40-36-34-30-26-22-18-14-10-6-2)67-107-115(103,104)114-87-85(112-88-82(101)78(97)76(95)70(65-90)109-88)81(100)80(99)84(111-75(94)64-60-56-52-48-43-38-32-28-24-20-16-12-8-4)86(87)113-89-83(102)79(98)77(96)71(110-89)68-106-73(92)62-58-54-50-46-41-37-31-27-23-19-15-11-7-3/h25,29,69-71,76-90,95-102H,5-24,26-28,30-68H2,1-4H3,(H,103,104)/b29-25-. The predicted octanol–water partition coefficient (Wildman–Crippen LogP) is 16.8. The molecule has 2 saturated heterocycles. The number of aliphatic hydroxyl groups excluding tert-OH is 9. The number of hydrogen-bond acceptors (Lipinski definition) is 24. The second-order valence-corrected chi connectivity index (χ2v) is 34.6. The summed E-state index contributed by atoms with van der Waals surface area (Å²) in [4.78, 5) is 66.4. The van der Waals surface area contributed by atoms with Gasteiger partial charge in [-0.1, -0.05) is 335 Å². The molecule has 2 aliphatic heterocycles. The highest BCUT2D eigenvalue weighted by Crippen LogP contribution is 2.49. The van der Waals surface area contributed by atoms with E-state index in [0.29, 0.717) is 32.1 Å². The van der Waals surface area contributed by atoms with E-state index in [0.717, 1.165) is 148 Å². The number of aliphatic hydroxyl groups is 9. The van der Waals surface area contributed by atoms with Crippen molar-refractivity contribution in [2.24, 2.45) is 0 Å². The van der Waals surface area contributed by atoms with E-state index < -0.39 is 162 Å². The summed E-state index contributed by atoms with van der Waals surface area (Å²) in [5.41, 5.74) is 0. The lowest BCUT2D eigenvalue weighted by Gasteiger charge is -2.50. The van der Waals surface area contributed by atoms with Gasteiger partial charge >= 0.3 is 31.7 Å². The van der Waals surface area contributed by atoms with Crippen LogP contribution in [-0.2, 0) is 70.7 Å². The summed E-state index contributed by atoms with van der Waals surface area (Å²) in [5, 5.41) is 102. The number of phosphoric acid groups is 1. The number of ether oxygens (including phenoxy) is 8. The summed E-state index contributed by atoms with van der Waals surface area (Å²) in [6, 6.07) is 0. The summed E-state index contributed by atoms with van der Waals surface area (Å²) >= 11 is 0. The van der Waals surface area contributed by atoms with Crippen LogP contribution in [0.3, 0.4) is 0 Å². The van der Waals surface area contributed by atoms with Gasteiger partial charge in [0.05, 0.1) is 13.2 Å². The molecule has 3 rings (SSSR count). The predicted molar refractivity (Wildman–Crippen MR) is 444 cm³/mol. The van der Waals surface area contributed by atoms with Crippen LogP contribution in [0.1, 0.15) is 400 Å². The topological polar surface area (TPSA) is 380 Å². The third-order valence-corrected chi connectivity index (χ3v) is 23.8. The van der Waals surface area contributed by atoms with Gasteiger partial charge in [-0.25, -0.2) is 4.57 Å². The molecule has 0 bridgehead atoms. The zero-order valence-corrected chi connectivity index (χ0v) is 72.7. The third kappa shape index (κ3) is 49.2. The number of esters is 4. The van der Waals surface area contributed by atoms with Gasteiger partial charge in [0.15, 0.2) is 24.8 Å². The molecular formula is C89H165O25P. The molecule has 676 valence electrons. The maximum absolute atomic E-state index is 14.9. The van der Waals surface area contributed by atoms with E-state index in [-0.39, 0.29) is 25.7 Å². The number of carbonyl (C=O) groups excluding carboxylic acids is 4. The van der Waals surface area contributed by atoms with Gasteiger partial charge in [0.1, 0.15) is 92.6 Å². The van der Waals surface area contributed by atoms with Gasteiger partial charge in [-0.15, -0.1) is 0 Å². The maximum Gasteiger partial charge on any atom is 0.472 e. The minimum Gasteiger partial charge on any atom is -0.463 e. The average Bonchev–Trinajstić information content (AvgIpc) is 0.754. The lowest BCUT2D eigenvalue weighted by molar-refractivity contribution is -0.360. The molecular weight excluding hydrogens is 1500 g/mol. The van der Waals surface area contributed by atoms with Gasteiger partial charge in [-0.3, -0.25) is 28.2 Å². The molecule has 2 heterocycles. The van der Waals surface area contributed by atoms with Gasteiger partial charge in [-0.2, -0.15) is 0 Å². The van der Waals surface area contributed by atoms with Crippen LogP contribution in [-0.4, -0.2) is 205 Å². The van der Waals surface area contributed by atoms with Gasteiger partial charge in [0, 0.05) is 25.7 Å². The highest BCUT2D eigenvalue weighted by atomic mass is 31.2. The molecule has 25 nitrogen and oxygen atoms in total. The number of carbonyl (C=O) groups is 4. The van der Waals surface area contributed by atoms with E-state index in [1.165, 1.54) is 167 Å². The number of allylic oxidation sites excluding steroid dienone is 2. The molecule has 0 spiro atoms. The first-order valence-corrected chi connectivity index (χ1v) is 47.9. The summed E-state index contributed by atoms with van der Waals surface area (Å²) in [6.07, 6.45) is 26.4. The fourth-order valence-corrected chi connectivity index (χ4v) is 16.3. The Balaban J connectivity index is 1.92. The molecule has 26 heteroatoms. The van der Waals surface area contributed by atoms with Crippen molar-refractivity contribution in [3.8, 4) is 0 Å². The molecule has 1 aliphatic carbocycles. The Morgan fingerprint density at radius 1 is 0.339 bits per heavy atom. The van der Waals surface area contributed by atoms with E-state index in [1.54, 1.807) is 0 Å². The van der Waals surface area contributed by atoms with Crippen molar-refractivity contribution in [2.45, 2.75) is 504 Å². The fraction of sp³-hybridized carbons (Fsp3) is 0.933. The summed E-state index contributed by atoms with van der Waals surface area (Å²) in [7, 11) is -5.80. The average molecular weight is 1670 g/mol. The van der Waals surface area contributed by atoms with Crippen LogP contribution in [0, 0.1) is 0 Å². The smallest absolute Gasteiger partial charge is 0.463 e. The SMILES string of the molecule is CCCCCC/C=C\CCCCCCCCCC(=O)OCC(COP(=O)(O)OC1C(OC2OC(CO)C(O)C(O)C2O)C(O)C(O)C(OC(=O)CCCCCCCCCCCCCCC)C1OC1OC(COC(=O)CCCCCCCCCCCCCCC)C(O)C(O)C1O)OC(=O)CCCCCCCCCCCCCCCCC. The van der Waals surface area contributed by atoms with Crippen molar-refractivity contribution in [3.05, 3.63) is 12.2 Å². The number of hydrogen-bond donors (Lipinski definition) is 10. The lowest BCUT2D eigenvalue weighted by atomic mass is 9.84. The third-order valence-electron chi connectivity index (χ3n) is 22.8. The summed E-state index contributed by atoms with van der Waals surface area (Å²) in [6.45, 7) is 5.59. The highest BCUT2D eigenvalue weighted by molar-refractivity contribution is 7.47. The summed E-state index contributed by atoms with van der Waals surface area (Å²) < 4.78 is 73.4. The minimum absolute atomic E-state index is 0.0186. The summed E-state index contributed by atoms with van der Waals surface area (Å²) in [5.74, 6) is -2.96. The highest BCUT2D eigenvalue weighted by Gasteiger charge is 2.60. The molecule has 0 aromatic heterocycles. The number of phosphoric ester groups is 1. The quantitative estimate of drug-likeness (QED) is 0.00889. The van der Waals surface area contributed by atoms with Crippen LogP contribution in [0.5, 0.6) is 0 Å². The molecule has 18 atom stereocenters. The van der Waals surface area contributed by atoms with Crippen molar-refractivity contribution < 1.29 is 122 Å². The first-order valence-electron chi connectivity index (χ1n) is 46.4. The first kappa shape index (κ1) is 106. The Bertz CT molecular complexity index is 2440. The van der Waals surface area contributed by atoms with E-state index in [1.807, 2.05) is 0 Å². The van der Waals surface area contributed by atoms with Crippen LogP contribution in [0.2, 0.25) is 0 Å². The fourth-order valence-electron chi connectivity index (χ4n) is 15.4. The number of unbranched alkanes of at least 4 members (excludes halogenated alkanes) is 49. The molecule has 0 radical (unpaired) electrons. The Hall–Kier alpha value is -2.79. The molecule has 10 N–H and O–H groups in total.